The average Bonchev–Trinajstić information content (AvgIpc) is 2.46. The van der Waals surface area contributed by atoms with Gasteiger partial charge in [-0.2, -0.15) is 0 Å². The molecule has 4 heteroatoms. The van der Waals surface area contributed by atoms with Crippen LogP contribution in [0.5, 0.6) is 0 Å². The molecule has 1 aromatic heterocycles. The van der Waals surface area contributed by atoms with E-state index in [9.17, 15) is 5.11 Å². The molecule has 0 radical (unpaired) electrons. The van der Waals surface area contributed by atoms with Crippen molar-refractivity contribution in [3.8, 4) is 0 Å². The zero-order chi connectivity index (χ0) is 9.47. The summed E-state index contributed by atoms with van der Waals surface area (Å²) in [5.41, 5.74) is 5.74. The van der Waals surface area contributed by atoms with Crippen LogP contribution in [0, 0.1) is 0 Å². The summed E-state index contributed by atoms with van der Waals surface area (Å²) in [5.74, 6) is 0. The van der Waals surface area contributed by atoms with Crippen molar-refractivity contribution in [2.45, 2.75) is 24.4 Å². The summed E-state index contributed by atoms with van der Waals surface area (Å²) in [6, 6.07) is 1.96. The van der Waals surface area contributed by atoms with E-state index in [1.165, 1.54) is 4.88 Å². The van der Waals surface area contributed by atoms with Crippen LogP contribution in [0.3, 0.4) is 0 Å². The molecule has 13 heavy (non-hydrogen) atoms. The van der Waals surface area contributed by atoms with E-state index >= 15 is 0 Å². The fourth-order valence-electron chi connectivity index (χ4n) is 1.90. The molecule has 0 amide bonds. The highest BCUT2D eigenvalue weighted by Crippen LogP contribution is 2.45. The second-order valence-electron chi connectivity index (χ2n) is 3.68. The lowest BCUT2D eigenvalue weighted by Crippen LogP contribution is -2.49. The Morgan fingerprint density at radius 1 is 1.69 bits per heavy atom. The highest BCUT2D eigenvalue weighted by molar-refractivity contribution is 7.10. The molecule has 0 bridgehead atoms. The van der Waals surface area contributed by atoms with Gasteiger partial charge >= 0.3 is 0 Å². The molecule has 0 saturated heterocycles. The fourth-order valence-corrected chi connectivity index (χ4v) is 3.21. The summed E-state index contributed by atoms with van der Waals surface area (Å²) in [6.45, 7) is 0.598. The van der Waals surface area contributed by atoms with Crippen LogP contribution in [0.1, 0.15) is 17.7 Å². The Kier molecular flexibility index (Phi) is 2.36. The molecule has 1 aromatic rings. The van der Waals surface area contributed by atoms with Gasteiger partial charge in [-0.1, -0.05) is 11.6 Å². The third-order valence-corrected chi connectivity index (χ3v) is 4.26. The molecule has 2 nitrogen and oxygen atoms in total. The number of thiophene rings is 1. The Morgan fingerprint density at radius 3 is 2.77 bits per heavy atom. The first-order valence-corrected chi connectivity index (χ1v) is 5.55. The van der Waals surface area contributed by atoms with Gasteiger partial charge < -0.3 is 10.8 Å². The lowest BCUT2D eigenvalue weighted by Gasteiger charge is -2.44. The van der Waals surface area contributed by atoms with Gasteiger partial charge in [0.1, 0.15) is 0 Å². The predicted octanol–water partition coefficient (Wildman–Crippen LogP) is 1.75. The van der Waals surface area contributed by atoms with Crippen LogP contribution >= 0.6 is 22.9 Å². The normalized spacial score (nSPS) is 33.0. The van der Waals surface area contributed by atoms with Crippen LogP contribution < -0.4 is 5.73 Å². The van der Waals surface area contributed by atoms with E-state index in [-0.39, 0.29) is 11.5 Å². The minimum absolute atomic E-state index is 0.0111. The van der Waals surface area contributed by atoms with Crippen LogP contribution in [0.15, 0.2) is 11.4 Å². The minimum Gasteiger partial charge on any atom is -0.393 e. The van der Waals surface area contributed by atoms with Gasteiger partial charge in [0.05, 0.1) is 11.1 Å². The molecule has 2 rings (SSSR count). The van der Waals surface area contributed by atoms with Crippen LogP contribution in [0.4, 0.5) is 0 Å². The summed E-state index contributed by atoms with van der Waals surface area (Å²) in [4.78, 5) is 1.21. The average molecular weight is 218 g/mol. The third kappa shape index (κ3) is 1.50. The monoisotopic (exact) mass is 217 g/mol. The van der Waals surface area contributed by atoms with E-state index in [4.69, 9.17) is 17.3 Å². The van der Waals surface area contributed by atoms with Crippen molar-refractivity contribution in [3.63, 3.8) is 0 Å². The summed E-state index contributed by atoms with van der Waals surface area (Å²) in [6.07, 6.45) is 1.38. The molecule has 0 atom stereocenters. The largest absolute Gasteiger partial charge is 0.393 e. The van der Waals surface area contributed by atoms with E-state index in [2.05, 4.69) is 0 Å². The van der Waals surface area contributed by atoms with Gasteiger partial charge in [0.25, 0.3) is 0 Å². The van der Waals surface area contributed by atoms with Gasteiger partial charge in [-0.3, -0.25) is 0 Å². The van der Waals surface area contributed by atoms with E-state index in [1.54, 1.807) is 11.3 Å². The SMILES string of the molecule is NCC1(c2cc(Cl)cs2)CC(O)C1. The van der Waals surface area contributed by atoms with Gasteiger partial charge in [-0.05, 0) is 18.9 Å². The molecule has 1 saturated carbocycles. The molecule has 0 aromatic carbocycles. The molecule has 72 valence electrons. The van der Waals surface area contributed by atoms with Gasteiger partial charge in [0.15, 0.2) is 0 Å². The molecule has 0 unspecified atom stereocenters. The standard InChI is InChI=1S/C9H12ClNOS/c10-6-1-8(13-4-6)9(5-11)2-7(12)3-9/h1,4,7,12H,2-3,5,11H2. The third-order valence-electron chi connectivity index (χ3n) is 2.73. The Morgan fingerprint density at radius 2 is 2.38 bits per heavy atom. The maximum Gasteiger partial charge on any atom is 0.0558 e. The molecule has 1 aliphatic carbocycles. The fraction of sp³-hybridized carbons (Fsp3) is 0.556. The molecular formula is C9H12ClNOS. The molecule has 1 aliphatic rings. The van der Waals surface area contributed by atoms with Crippen molar-refractivity contribution in [1.29, 1.82) is 0 Å². The lowest BCUT2D eigenvalue weighted by molar-refractivity contribution is 0.0239. The second kappa shape index (κ2) is 3.24. The Hall–Kier alpha value is -0.0900. The first-order valence-electron chi connectivity index (χ1n) is 4.29. The van der Waals surface area contributed by atoms with Crippen molar-refractivity contribution in [2.24, 2.45) is 5.73 Å². The molecular weight excluding hydrogens is 206 g/mol. The van der Waals surface area contributed by atoms with Gasteiger partial charge in [-0.15, -0.1) is 11.3 Å². The van der Waals surface area contributed by atoms with E-state index in [0.717, 1.165) is 17.9 Å². The first kappa shape index (κ1) is 9.46. The quantitative estimate of drug-likeness (QED) is 0.793. The van der Waals surface area contributed by atoms with Gasteiger partial charge in [0.2, 0.25) is 0 Å². The Bertz CT molecular complexity index is 306. The highest BCUT2D eigenvalue weighted by Gasteiger charge is 2.44. The van der Waals surface area contributed by atoms with Crippen molar-refractivity contribution in [1.82, 2.24) is 0 Å². The van der Waals surface area contributed by atoms with Crippen LogP contribution in [-0.2, 0) is 5.41 Å². The summed E-state index contributed by atoms with van der Waals surface area (Å²) in [5, 5.41) is 12.0. The number of hydrogen-bond donors (Lipinski definition) is 2. The summed E-state index contributed by atoms with van der Waals surface area (Å²) < 4.78 is 0. The van der Waals surface area contributed by atoms with Crippen molar-refractivity contribution in [3.05, 3.63) is 21.3 Å². The predicted molar refractivity (Wildman–Crippen MR) is 55.3 cm³/mol. The van der Waals surface area contributed by atoms with E-state index < -0.39 is 0 Å². The number of aliphatic hydroxyl groups excluding tert-OH is 1. The topological polar surface area (TPSA) is 46.2 Å². The maximum atomic E-state index is 9.30. The van der Waals surface area contributed by atoms with Crippen molar-refractivity contribution in [2.75, 3.05) is 6.54 Å². The zero-order valence-electron chi connectivity index (χ0n) is 7.16. The smallest absolute Gasteiger partial charge is 0.0558 e. The Labute approximate surface area is 86.3 Å². The maximum absolute atomic E-state index is 9.30. The van der Waals surface area contributed by atoms with Crippen LogP contribution in [0.2, 0.25) is 5.02 Å². The molecule has 1 heterocycles. The number of rotatable bonds is 2. The highest BCUT2D eigenvalue weighted by atomic mass is 35.5. The second-order valence-corrected chi connectivity index (χ2v) is 5.02. The zero-order valence-corrected chi connectivity index (χ0v) is 8.74. The van der Waals surface area contributed by atoms with Crippen LogP contribution in [-0.4, -0.2) is 17.8 Å². The van der Waals surface area contributed by atoms with E-state index in [1.807, 2.05) is 11.4 Å². The summed E-state index contributed by atoms with van der Waals surface area (Å²) in [7, 11) is 0. The molecule has 1 fully saturated rings. The number of nitrogens with two attached hydrogens (primary N) is 1. The van der Waals surface area contributed by atoms with Gasteiger partial charge in [-0.25, -0.2) is 0 Å². The number of aliphatic hydroxyl groups is 1. The minimum atomic E-state index is -0.176. The number of hydrogen-bond acceptors (Lipinski definition) is 3. The van der Waals surface area contributed by atoms with Crippen molar-refractivity contribution < 1.29 is 5.11 Å². The van der Waals surface area contributed by atoms with Gasteiger partial charge in [0, 0.05) is 22.2 Å². The summed E-state index contributed by atoms with van der Waals surface area (Å²) >= 11 is 7.48. The number of halogens is 1. The Balaban J connectivity index is 2.23. The van der Waals surface area contributed by atoms with E-state index in [0.29, 0.717) is 6.54 Å². The van der Waals surface area contributed by atoms with Crippen molar-refractivity contribution >= 4 is 22.9 Å². The molecule has 0 aliphatic heterocycles. The molecule has 3 N–H and O–H groups in total. The molecule has 0 spiro atoms. The first-order chi connectivity index (χ1) is 6.16. The lowest BCUT2D eigenvalue weighted by atomic mass is 9.66. The van der Waals surface area contributed by atoms with Crippen LogP contribution in [0.25, 0.3) is 0 Å².